The highest BCUT2D eigenvalue weighted by Gasteiger charge is 2.31. The molecule has 19 heavy (non-hydrogen) atoms. The molecule has 0 atom stereocenters. The Morgan fingerprint density at radius 3 is 2.53 bits per heavy atom. The van der Waals surface area contributed by atoms with E-state index >= 15 is 0 Å². The largest absolute Gasteiger partial charge is 0.416 e. The van der Waals surface area contributed by atoms with Gasteiger partial charge >= 0.3 is 6.18 Å². The number of ketones is 1. The third-order valence-electron chi connectivity index (χ3n) is 2.51. The lowest BCUT2D eigenvalue weighted by Gasteiger charge is -2.09. The Hall–Kier alpha value is -1.33. The van der Waals surface area contributed by atoms with E-state index in [1.165, 1.54) is 11.3 Å². The van der Waals surface area contributed by atoms with Crippen LogP contribution in [-0.2, 0) is 12.6 Å². The maximum atomic E-state index is 12.5. The Morgan fingerprint density at radius 2 is 2.00 bits per heavy atom. The zero-order valence-electron chi connectivity index (χ0n) is 9.50. The zero-order valence-corrected chi connectivity index (χ0v) is 11.1. The highest BCUT2D eigenvalue weighted by atomic mass is 35.5. The van der Waals surface area contributed by atoms with Gasteiger partial charge in [0.05, 0.1) is 10.6 Å². The molecule has 6 heteroatoms. The van der Waals surface area contributed by atoms with Crippen molar-refractivity contribution < 1.29 is 18.0 Å². The minimum Gasteiger partial charge on any atom is -0.294 e. The molecule has 0 aliphatic carbocycles. The predicted octanol–water partition coefficient (Wildman–Crippen LogP) is 4.85. The predicted molar refractivity (Wildman–Crippen MR) is 68.8 cm³/mol. The number of hydrogen-bond donors (Lipinski definition) is 0. The van der Waals surface area contributed by atoms with Crippen molar-refractivity contribution in [3.8, 4) is 0 Å². The number of hydrogen-bond acceptors (Lipinski definition) is 2. The summed E-state index contributed by atoms with van der Waals surface area (Å²) < 4.78 is 37.4. The molecule has 2 aromatic rings. The van der Waals surface area contributed by atoms with Crippen LogP contribution in [0.15, 0.2) is 35.7 Å². The van der Waals surface area contributed by atoms with Crippen molar-refractivity contribution in [3.05, 3.63) is 56.7 Å². The number of carbonyl (C=O) groups is 1. The van der Waals surface area contributed by atoms with Gasteiger partial charge in [0.1, 0.15) is 0 Å². The average Bonchev–Trinajstić information content (AvgIpc) is 2.80. The highest BCUT2D eigenvalue weighted by Crippen LogP contribution is 2.32. The molecule has 1 aromatic carbocycles. The first-order valence-electron chi connectivity index (χ1n) is 5.30. The lowest BCUT2D eigenvalue weighted by Crippen LogP contribution is -2.08. The second-order valence-electron chi connectivity index (χ2n) is 3.87. The van der Waals surface area contributed by atoms with Gasteiger partial charge in [-0.3, -0.25) is 4.79 Å². The van der Waals surface area contributed by atoms with E-state index in [4.69, 9.17) is 11.6 Å². The molecular weight excluding hydrogens is 297 g/mol. The van der Waals surface area contributed by atoms with Crippen LogP contribution in [0, 0.1) is 0 Å². The van der Waals surface area contributed by atoms with E-state index in [1.807, 2.05) is 11.4 Å². The molecule has 1 heterocycles. The van der Waals surface area contributed by atoms with Crippen LogP contribution in [0.4, 0.5) is 13.2 Å². The molecule has 0 saturated carbocycles. The molecule has 0 spiro atoms. The van der Waals surface area contributed by atoms with Crippen molar-refractivity contribution in [1.29, 1.82) is 0 Å². The summed E-state index contributed by atoms with van der Waals surface area (Å²) in [5.74, 6) is -0.291. The molecule has 0 aliphatic rings. The number of carbonyl (C=O) groups excluding carboxylic acids is 1. The molecule has 100 valence electrons. The molecule has 0 aliphatic heterocycles. The van der Waals surface area contributed by atoms with Gasteiger partial charge in [0.15, 0.2) is 5.78 Å². The smallest absolute Gasteiger partial charge is 0.294 e. The Morgan fingerprint density at radius 1 is 1.26 bits per heavy atom. The summed E-state index contributed by atoms with van der Waals surface area (Å²) in [5, 5.41) is 1.66. The van der Waals surface area contributed by atoms with Crippen LogP contribution in [0.5, 0.6) is 0 Å². The average molecular weight is 305 g/mol. The fourth-order valence-corrected chi connectivity index (χ4v) is 2.57. The van der Waals surface area contributed by atoms with E-state index < -0.39 is 11.7 Å². The number of thiophene rings is 1. The minimum absolute atomic E-state index is 0.114. The summed E-state index contributed by atoms with van der Waals surface area (Å²) in [5.41, 5.74) is -0.742. The van der Waals surface area contributed by atoms with Crippen LogP contribution >= 0.6 is 22.9 Å². The van der Waals surface area contributed by atoms with Gasteiger partial charge in [-0.2, -0.15) is 13.2 Å². The van der Waals surface area contributed by atoms with Gasteiger partial charge in [-0.25, -0.2) is 0 Å². The lowest BCUT2D eigenvalue weighted by molar-refractivity contribution is -0.137. The number of alkyl halides is 3. The van der Waals surface area contributed by atoms with Crippen LogP contribution in [-0.4, -0.2) is 5.78 Å². The van der Waals surface area contributed by atoms with E-state index in [9.17, 15) is 18.0 Å². The van der Waals surface area contributed by atoms with Crippen molar-refractivity contribution >= 4 is 28.7 Å². The van der Waals surface area contributed by atoms with Crippen molar-refractivity contribution in [1.82, 2.24) is 0 Å². The molecule has 0 amide bonds. The van der Waals surface area contributed by atoms with Crippen molar-refractivity contribution in [2.45, 2.75) is 12.6 Å². The van der Waals surface area contributed by atoms with Crippen LogP contribution < -0.4 is 0 Å². The standard InChI is InChI=1S/C13H8ClF3OS/c14-11-6-8(13(15,16)17)3-4-10(11)12(18)7-9-2-1-5-19-9/h1-6H,7H2. The van der Waals surface area contributed by atoms with Crippen LogP contribution in [0.2, 0.25) is 5.02 Å². The molecule has 0 radical (unpaired) electrons. The first kappa shape index (κ1) is 14.1. The van der Waals surface area contributed by atoms with Gasteiger partial charge in [0.2, 0.25) is 0 Å². The summed E-state index contributed by atoms with van der Waals surface area (Å²) in [6.45, 7) is 0. The molecule has 0 fully saturated rings. The maximum absolute atomic E-state index is 12.5. The minimum atomic E-state index is -4.46. The summed E-state index contributed by atoms with van der Waals surface area (Å²) >= 11 is 7.17. The third kappa shape index (κ3) is 3.36. The van der Waals surface area contributed by atoms with Gasteiger partial charge in [-0.15, -0.1) is 11.3 Å². The highest BCUT2D eigenvalue weighted by molar-refractivity contribution is 7.10. The summed E-state index contributed by atoms with van der Waals surface area (Å²) in [4.78, 5) is 12.8. The monoisotopic (exact) mass is 304 g/mol. The van der Waals surface area contributed by atoms with Crippen LogP contribution in [0.1, 0.15) is 20.8 Å². The van der Waals surface area contributed by atoms with Crippen LogP contribution in [0.3, 0.4) is 0 Å². The first-order valence-corrected chi connectivity index (χ1v) is 6.56. The second-order valence-corrected chi connectivity index (χ2v) is 5.31. The SMILES string of the molecule is O=C(Cc1cccs1)c1ccc(C(F)(F)F)cc1Cl. The molecule has 0 saturated heterocycles. The van der Waals surface area contributed by atoms with E-state index in [2.05, 4.69) is 0 Å². The summed E-state index contributed by atoms with van der Waals surface area (Å²) in [7, 11) is 0. The van der Waals surface area contributed by atoms with Gasteiger partial charge in [-0.05, 0) is 29.6 Å². The first-order chi connectivity index (χ1) is 8.88. The molecule has 1 aromatic heterocycles. The van der Waals surface area contributed by atoms with Gasteiger partial charge in [0.25, 0.3) is 0 Å². The molecular formula is C13H8ClF3OS. The fraction of sp³-hybridized carbons (Fsp3) is 0.154. The van der Waals surface area contributed by atoms with E-state index in [0.29, 0.717) is 0 Å². The molecule has 2 rings (SSSR count). The Bertz CT molecular complexity index is 590. The van der Waals surface area contributed by atoms with Gasteiger partial charge in [-0.1, -0.05) is 17.7 Å². The lowest BCUT2D eigenvalue weighted by atomic mass is 10.0. The number of benzene rings is 1. The quantitative estimate of drug-likeness (QED) is 0.741. The number of Topliss-reactive ketones (excluding diaryl/α,β-unsaturated/α-hetero) is 1. The zero-order chi connectivity index (χ0) is 14.0. The maximum Gasteiger partial charge on any atom is 0.416 e. The number of rotatable bonds is 3. The van der Waals surface area contributed by atoms with Gasteiger partial charge < -0.3 is 0 Å². The normalized spacial score (nSPS) is 11.6. The van der Waals surface area contributed by atoms with Gasteiger partial charge in [0, 0.05) is 16.9 Å². The fourth-order valence-electron chi connectivity index (χ4n) is 1.58. The molecule has 0 unspecified atom stereocenters. The van der Waals surface area contributed by atoms with Crippen molar-refractivity contribution in [3.63, 3.8) is 0 Å². The number of halogens is 4. The molecule has 0 bridgehead atoms. The molecule has 0 N–H and O–H groups in total. The second kappa shape index (κ2) is 5.35. The summed E-state index contributed by atoms with van der Waals surface area (Å²) in [6, 6.07) is 6.38. The topological polar surface area (TPSA) is 17.1 Å². The van der Waals surface area contributed by atoms with E-state index in [0.717, 1.165) is 23.1 Å². The van der Waals surface area contributed by atoms with Crippen LogP contribution in [0.25, 0.3) is 0 Å². The van der Waals surface area contributed by atoms with Crippen molar-refractivity contribution in [2.75, 3.05) is 0 Å². The third-order valence-corrected chi connectivity index (χ3v) is 3.70. The molecule has 1 nitrogen and oxygen atoms in total. The summed E-state index contributed by atoms with van der Waals surface area (Å²) in [6.07, 6.45) is -4.32. The van der Waals surface area contributed by atoms with Crippen molar-refractivity contribution in [2.24, 2.45) is 0 Å². The Labute approximate surface area is 116 Å². The van der Waals surface area contributed by atoms with E-state index in [-0.39, 0.29) is 22.8 Å². The van der Waals surface area contributed by atoms with E-state index in [1.54, 1.807) is 6.07 Å². The Balaban J connectivity index is 2.24. The Kier molecular flexibility index (Phi) is 3.96.